The van der Waals surface area contributed by atoms with Crippen molar-refractivity contribution in [3.63, 3.8) is 0 Å². The van der Waals surface area contributed by atoms with Crippen LogP contribution in [0.15, 0.2) is 18.2 Å². The molecule has 0 amide bonds. The summed E-state index contributed by atoms with van der Waals surface area (Å²) in [5.41, 5.74) is 0.456. The number of hydrogen-bond acceptors (Lipinski definition) is 2. The van der Waals surface area contributed by atoms with E-state index in [2.05, 4.69) is 0 Å². The lowest BCUT2D eigenvalue weighted by molar-refractivity contribution is -0.385. The summed E-state index contributed by atoms with van der Waals surface area (Å²) in [6.07, 6.45) is 6.13. The van der Waals surface area contributed by atoms with Crippen LogP contribution in [0, 0.1) is 21.8 Å². The fourth-order valence-electron chi connectivity index (χ4n) is 2.74. The Morgan fingerprint density at radius 3 is 2.68 bits per heavy atom. The normalized spacial score (nSPS) is 17.6. The zero-order valence-electron chi connectivity index (χ0n) is 10.6. The van der Waals surface area contributed by atoms with E-state index < -0.39 is 10.7 Å². The molecule has 1 aromatic carbocycles. The molecule has 104 valence electrons. The summed E-state index contributed by atoms with van der Waals surface area (Å²) < 4.78 is 13.3. The third-order valence-corrected chi connectivity index (χ3v) is 4.35. The Hall–Kier alpha value is -1.16. The molecule has 0 bridgehead atoms. The van der Waals surface area contributed by atoms with Crippen LogP contribution in [0.4, 0.5) is 10.1 Å². The predicted molar refractivity (Wildman–Crippen MR) is 73.0 cm³/mol. The van der Waals surface area contributed by atoms with Crippen LogP contribution >= 0.6 is 11.6 Å². The van der Waals surface area contributed by atoms with Crippen LogP contribution in [-0.4, -0.2) is 10.3 Å². The molecule has 1 aliphatic carbocycles. The standard InChI is InChI=1S/C14H17ClFNO2/c15-14(11-3-1-2-4-11)6-5-10-7-12(16)9-13(8-10)17(18)19/h7-9,11,14H,1-6H2. The maximum Gasteiger partial charge on any atom is 0.272 e. The molecule has 0 aromatic heterocycles. The van der Waals surface area contributed by atoms with Crippen LogP contribution in [0.2, 0.25) is 0 Å². The lowest BCUT2D eigenvalue weighted by atomic mass is 9.97. The van der Waals surface area contributed by atoms with Crippen LogP contribution in [0.25, 0.3) is 0 Å². The fraction of sp³-hybridized carbons (Fsp3) is 0.571. The molecule has 19 heavy (non-hydrogen) atoms. The predicted octanol–water partition coefficient (Wildman–Crippen LogP) is 4.46. The summed E-state index contributed by atoms with van der Waals surface area (Å²) in [6, 6.07) is 3.73. The Kier molecular flexibility index (Phi) is 4.75. The van der Waals surface area contributed by atoms with E-state index in [1.807, 2.05) is 0 Å². The fourth-order valence-corrected chi connectivity index (χ4v) is 3.10. The second-order valence-electron chi connectivity index (χ2n) is 5.17. The van der Waals surface area contributed by atoms with E-state index in [0.29, 0.717) is 17.9 Å². The highest BCUT2D eigenvalue weighted by molar-refractivity contribution is 6.20. The largest absolute Gasteiger partial charge is 0.272 e. The third-order valence-electron chi connectivity index (χ3n) is 3.77. The topological polar surface area (TPSA) is 43.1 Å². The molecule has 0 aliphatic heterocycles. The summed E-state index contributed by atoms with van der Waals surface area (Å²) in [4.78, 5) is 10.1. The Labute approximate surface area is 116 Å². The molecule has 1 unspecified atom stereocenters. The molecule has 0 heterocycles. The summed E-state index contributed by atoms with van der Waals surface area (Å²) in [5, 5.41) is 10.8. The maximum absolute atomic E-state index is 13.3. The van der Waals surface area contributed by atoms with Gasteiger partial charge in [-0.05, 0) is 43.2 Å². The van der Waals surface area contributed by atoms with Crippen molar-refractivity contribution in [3.05, 3.63) is 39.7 Å². The first kappa shape index (κ1) is 14.3. The van der Waals surface area contributed by atoms with Gasteiger partial charge in [-0.1, -0.05) is 12.8 Å². The number of halogens is 2. The molecule has 0 spiro atoms. The average Bonchev–Trinajstić information content (AvgIpc) is 2.89. The van der Waals surface area contributed by atoms with Crippen molar-refractivity contribution < 1.29 is 9.31 Å². The molecule has 5 heteroatoms. The van der Waals surface area contributed by atoms with Crippen LogP contribution in [0.5, 0.6) is 0 Å². The zero-order chi connectivity index (χ0) is 13.8. The molecule has 0 saturated heterocycles. The van der Waals surface area contributed by atoms with Crippen LogP contribution < -0.4 is 0 Å². The molecule has 1 fully saturated rings. The minimum atomic E-state index is -0.568. The first-order chi connectivity index (χ1) is 9.06. The molecule has 0 N–H and O–H groups in total. The van der Waals surface area contributed by atoms with E-state index in [4.69, 9.17) is 11.6 Å². The maximum atomic E-state index is 13.3. The first-order valence-corrected chi connectivity index (χ1v) is 7.08. The summed E-state index contributed by atoms with van der Waals surface area (Å²) in [6.45, 7) is 0. The van der Waals surface area contributed by atoms with E-state index in [1.54, 1.807) is 0 Å². The van der Waals surface area contributed by atoms with Crippen molar-refractivity contribution >= 4 is 17.3 Å². The van der Waals surface area contributed by atoms with Crippen LogP contribution in [0.1, 0.15) is 37.7 Å². The van der Waals surface area contributed by atoms with Crippen molar-refractivity contribution in [2.45, 2.75) is 43.9 Å². The van der Waals surface area contributed by atoms with E-state index in [9.17, 15) is 14.5 Å². The lowest BCUT2D eigenvalue weighted by Gasteiger charge is -2.16. The molecular weight excluding hydrogens is 269 g/mol. The van der Waals surface area contributed by atoms with Crippen molar-refractivity contribution in [3.8, 4) is 0 Å². The van der Waals surface area contributed by atoms with Gasteiger partial charge in [-0.15, -0.1) is 11.6 Å². The average molecular weight is 286 g/mol. The minimum Gasteiger partial charge on any atom is -0.258 e. The van der Waals surface area contributed by atoms with Gasteiger partial charge in [0.25, 0.3) is 5.69 Å². The van der Waals surface area contributed by atoms with Gasteiger partial charge in [0.2, 0.25) is 0 Å². The van der Waals surface area contributed by atoms with E-state index in [0.717, 1.165) is 25.3 Å². The van der Waals surface area contributed by atoms with Crippen molar-refractivity contribution in [2.24, 2.45) is 5.92 Å². The van der Waals surface area contributed by atoms with Gasteiger partial charge in [-0.3, -0.25) is 10.1 Å². The Bertz CT molecular complexity index is 461. The molecule has 3 nitrogen and oxygen atoms in total. The number of benzene rings is 1. The molecule has 1 aliphatic rings. The third kappa shape index (κ3) is 3.90. The second kappa shape index (κ2) is 6.33. The molecule has 0 radical (unpaired) electrons. The SMILES string of the molecule is O=[N+]([O-])c1cc(F)cc(CCC(Cl)C2CCCC2)c1. The zero-order valence-corrected chi connectivity index (χ0v) is 11.4. The van der Waals surface area contributed by atoms with Crippen molar-refractivity contribution in [1.29, 1.82) is 0 Å². The molecule has 1 saturated carbocycles. The van der Waals surface area contributed by atoms with Crippen molar-refractivity contribution in [2.75, 3.05) is 0 Å². The number of rotatable bonds is 5. The van der Waals surface area contributed by atoms with Gasteiger partial charge in [-0.2, -0.15) is 0 Å². The van der Waals surface area contributed by atoms with E-state index in [-0.39, 0.29) is 11.1 Å². The minimum absolute atomic E-state index is 0.0878. The number of alkyl halides is 1. The monoisotopic (exact) mass is 285 g/mol. The van der Waals surface area contributed by atoms with Gasteiger partial charge < -0.3 is 0 Å². The Balaban J connectivity index is 1.96. The number of nitro groups is 1. The van der Waals surface area contributed by atoms with Gasteiger partial charge in [0.1, 0.15) is 5.82 Å². The van der Waals surface area contributed by atoms with Crippen LogP contribution in [0.3, 0.4) is 0 Å². The summed E-state index contributed by atoms with van der Waals surface area (Å²) in [7, 11) is 0. The molecule has 1 aromatic rings. The Morgan fingerprint density at radius 1 is 1.37 bits per heavy atom. The number of nitro benzene ring substituents is 1. The first-order valence-electron chi connectivity index (χ1n) is 6.64. The highest BCUT2D eigenvalue weighted by atomic mass is 35.5. The number of non-ortho nitro benzene ring substituents is 1. The smallest absolute Gasteiger partial charge is 0.258 e. The van der Waals surface area contributed by atoms with Crippen molar-refractivity contribution in [1.82, 2.24) is 0 Å². The molecule has 1 atom stereocenters. The molecule has 2 rings (SSSR count). The van der Waals surface area contributed by atoms with Gasteiger partial charge in [0, 0.05) is 11.4 Å². The van der Waals surface area contributed by atoms with Gasteiger partial charge >= 0.3 is 0 Å². The van der Waals surface area contributed by atoms with Gasteiger partial charge in [-0.25, -0.2) is 4.39 Å². The van der Waals surface area contributed by atoms with E-state index in [1.165, 1.54) is 25.0 Å². The van der Waals surface area contributed by atoms with Gasteiger partial charge in [0.15, 0.2) is 0 Å². The quantitative estimate of drug-likeness (QED) is 0.455. The number of nitrogens with zero attached hydrogens (tertiary/aromatic N) is 1. The highest BCUT2D eigenvalue weighted by Gasteiger charge is 2.23. The van der Waals surface area contributed by atoms with Crippen LogP contribution in [-0.2, 0) is 6.42 Å². The second-order valence-corrected chi connectivity index (χ2v) is 5.73. The summed E-state index contributed by atoms with van der Waals surface area (Å²) in [5.74, 6) is -0.0126. The summed E-state index contributed by atoms with van der Waals surface area (Å²) >= 11 is 6.35. The Morgan fingerprint density at radius 2 is 2.05 bits per heavy atom. The van der Waals surface area contributed by atoms with E-state index >= 15 is 0 Å². The lowest BCUT2D eigenvalue weighted by Crippen LogP contribution is -2.12. The highest BCUT2D eigenvalue weighted by Crippen LogP contribution is 2.32. The molecular formula is C14H17ClFNO2. The van der Waals surface area contributed by atoms with Gasteiger partial charge in [0.05, 0.1) is 11.0 Å². The number of hydrogen-bond donors (Lipinski definition) is 0. The number of aryl methyl sites for hydroxylation is 1.